The lowest BCUT2D eigenvalue weighted by atomic mass is 10.3. The summed E-state index contributed by atoms with van der Waals surface area (Å²) in [6.45, 7) is 0. The highest BCUT2D eigenvalue weighted by molar-refractivity contribution is 6.02. The van der Waals surface area contributed by atoms with Gasteiger partial charge in [-0.25, -0.2) is 10.8 Å². The molecule has 0 radical (unpaired) electrons. The van der Waals surface area contributed by atoms with Crippen molar-refractivity contribution in [1.82, 2.24) is 20.2 Å². The summed E-state index contributed by atoms with van der Waals surface area (Å²) in [7, 11) is 0. The Morgan fingerprint density at radius 2 is 2.06 bits per heavy atom. The molecular weight excluding hydrogens is 222 g/mol. The smallest absolute Gasteiger partial charge is 0.277 e. The maximum absolute atomic E-state index is 11.7. The summed E-state index contributed by atoms with van der Waals surface area (Å²) < 4.78 is 0. The van der Waals surface area contributed by atoms with Gasteiger partial charge in [0.05, 0.1) is 6.20 Å². The number of carbonyl (C=O) groups is 1. The number of nitrogens with one attached hydrogen (secondary N) is 2. The van der Waals surface area contributed by atoms with E-state index in [-0.39, 0.29) is 5.69 Å². The summed E-state index contributed by atoms with van der Waals surface area (Å²) in [6.07, 6.45) is 4.42. The van der Waals surface area contributed by atoms with Crippen LogP contribution in [0.25, 0.3) is 0 Å². The van der Waals surface area contributed by atoms with E-state index in [1.54, 1.807) is 6.07 Å². The van der Waals surface area contributed by atoms with Crippen LogP contribution in [-0.4, -0.2) is 26.1 Å². The van der Waals surface area contributed by atoms with Crippen LogP contribution >= 0.6 is 0 Å². The summed E-state index contributed by atoms with van der Waals surface area (Å²) in [6, 6.07) is 3.03. The molecule has 0 saturated carbocycles. The van der Waals surface area contributed by atoms with E-state index in [0.29, 0.717) is 11.6 Å². The predicted molar refractivity (Wildman–Crippen MR) is 59.8 cm³/mol. The molecule has 86 valence electrons. The Balaban J connectivity index is 2.09. The van der Waals surface area contributed by atoms with E-state index in [0.717, 1.165) is 0 Å². The molecule has 17 heavy (non-hydrogen) atoms. The van der Waals surface area contributed by atoms with Crippen molar-refractivity contribution in [3.63, 3.8) is 0 Å². The van der Waals surface area contributed by atoms with Crippen molar-refractivity contribution < 1.29 is 4.79 Å². The number of nitrogens with two attached hydrogens (primary N) is 1. The normalized spacial score (nSPS) is 9.71. The molecule has 8 nitrogen and oxygen atoms in total. The number of nitrogens with zero attached hydrogens (tertiary/aromatic N) is 4. The molecule has 0 atom stereocenters. The fourth-order valence-electron chi connectivity index (χ4n) is 1.07. The molecule has 2 aromatic rings. The van der Waals surface area contributed by atoms with Crippen LogP contribution in [0.3, 0.4) is 0 Å². The van der Waals surface area contributed by atoms with Crippen LogP contribution in [0.2, 0.25) is 0 Å². The molecule has 0 fully saturated rings. The van der Waals surface area contributed by atoms with Gasteiger partial charge in [-0.1, -0.05) is 0 Å². The molecule has 2 aromatic heterocycles. The van der Waals surface area contributed by atoms with E-state index in [1.165, 1.54) is 24.7 Å². The summed E-state index contributed by atoms with van der Waals surface area (Å²) in [5.41, 5.74) is 2.48. The SMILES string of the molecule is NNc1ccc(C(=O)Nc2cnccn2)nn1. The first-order valence-corrected chi connectivity index (χ1v) is 4.67. The Kier molecular flexibility index (Phi) is 3.17. The van der Waals surface area contributed by atoms with Gasteiger partial charge in [-0.15, -0.1) is 10.2 Å². The third kappa shape index (κ3) is 2.69. The summed E-state index contributed by atoms with van der Waals surface area (Å²) in [4.78, 5) is 19.4. The number of hydrogen-bond acceptors (Lipinski definition) is 7. The number of anilines is 2. The van der Waals surface area contributed by atoms with Gasteiger partial charge in [0.2, 0.25) is 0 Å². The highest BCUT2D eigenvalue weighted by Crippen LogP contribution is 2.03. The second kappa shape index (κ2) is 4.94. The standard InChI is InChI=1S/C9H9N7O/c10-14-7-2-1-6(15-16-7)9(17)13-8-5-11-3-4-12-8/h1-5H,10H2,(H,14,16)(H,12,13,17). The quantitative estimate of drug-likeness (QED) is 0.494. The number of nitrogen functional groups attached to an aromatic ring is 1. The molecule has 0 spiro atoms. The van der Waals surface area contributed by atoms with Gasteiger partial charge < -0.3 is 10.7 Å². The second-order valence-electron chi connectivity index (χ2n) is 2.99. The topological polar surface area (TPSA) is 119 Å². The van der Waals surface area contributed by atoms with E-state index in [1.807, 2.05) is 0 Å². The third-order valence-corrected chi connectivity index (χ3v) is 1.85. The summed E-state index contributed by atoms with van der Waals surface area (Å²) >= 11 is 0. The molecule has 0 aliphatic heterocycles. The van der Waals surface area contributed by atoms with Gasteiger partial charge in [0.1, 0.15) is 0 Å². The van der Waals surface area contributed by atoms with Crippen LogP contribution in [0, 0.1) is 0 Å². The number of hydrogen-bond donors (Lipinski definition) is 3. The van der Waals surface area contributed by atoms with Gasteiger partial charge >= 0.3 is 0 Å². The zero-order valence-electron chi connectivity index (χ0n) is 8.66. The summed E-state index contributed by atoms with van der Waals surface area (Å²) in [5.74, 6) is 5.44. The van der Waals surface area contributed by atoms with Crippen molar-refractivity contribution in [2.24, 2.45) is 5.84 Å². The first-order valence-electron chi connectivity index (χ1n) is 4.67. The second-order valence-corrected chi connectivity index (χ2v) is 2.99. The average molecular weight is 231 g/mol. The average Bonchev–Trinajstić information content (AvgIpc) is 2.40. The molecule has 0 aliphatic carbocycles. The van der Waals surface area contributed by atoms with Gasteiger partial charge in [0.25, 0.3) is 5.91 Å². The minimum atomic E-state index is -0.415. The zero-order valence-corrected chi connectivity index (χ0v) is 8.66. The van der Waals surface area contributed by atoms with Crippen LogP contribution in [-0.2, 0) is 0 Å². The Labute approximate surface area is 96.3 Å². The van der Waals surface area contributed by atoms with Crippen molar-refractivity contribution in [1.29, 1.82) is 0 Å². The number of hydrazine groups is 1. The summed E-state index contributed by atoms with van der Waals surface area (Å²) in [5, 5.41) is 9.90. The van der Waals surface area contributed by atoms with Crippen LogP contribution in [0.4, 0.5) is 11.6 Å². The van der Waals surface area contributed by atoms with Gasteiger partial charge in [0, 0.05) is 12.4 Å². The Hall–Kier alpha value is -2.61. The van der Waals surface area contributed by atoms with Crippen molar-refractivity contribution >= 4 is 17.5 Å². The lowest BCUT2D eigenvalue weighted by molar-refractivity contribution is 0.102. The van der Waals surface area contributed by atoms with Gasteiger partial charge in [0.15, 0.2) is 17.3 Å². The number of carbonyl (C=O) groups excluding carboxylic acids is 1. The van der Waals surface area contributed by atoms with E-state index in [4.69, 9.17) is 5.84 Å². The molecule has 1 amide bonds. The maximum Gasteiger partial charge on any atom is 0.277 e. The molecule has 8 heteroatoms. The first kappa shape index (κ1) is 10.9. The minimum absolute atomic E-state index is 0.162. The molecular formula is C9H9N7O. The van der Waals surface area contributed by atoms with Gasteiger partial charge in [-0.3, -0.25) is 9.78 Å². The maximum atomic E-state index is 11.7. The fourth-order valence-corrected chi connectivity index (χ4v) is 1.07. The Morgan fingerprint density at radius 1 is 1.18 bits per heavy atom. The fraction of sp³-hybridized carbons (Fsp3) is 0. The van der Waals surface area contributed by atoms with Crippen molar-refractivity contribution in [3.8, 4) is 0 Å². The van der Waals surface area contributed by atoms with Crippen molar-refractivity contribution in [2.75, 3.05) is 10.7 Å². The van der Waals surface area contributed by atoms with Crippen molar-refractivity contribution in [3.05, 3.63) is 36.4 Å². The van der Waals surface area contributed by atoms with Crippen LogP contribution < -0.4 is 16.6 Å². The molecule has 2 rings (SSSR count). The van der Waals surface area contributed by atoms with Crippen LogP contribution in [0.1, 0.15) is 10.5 Å². The number of aromatic nitrogens is 4. The highest BCUT2D eigenvalue weighted by Gasteiger charge is 2.08. The van der Waals surface area contributed by atoms with Crippen LogP contribution in [0.5, 0.6) is 0 Å². The Bertz CT molecular complexity index is 499. The van der Waals surface area contributed by atoms with E-state index in [9.17, 15) is 4.79 Å². The molecule has 0 saturated heterocycles. The van der Waals surface area contributed by atoms with Gasteiger partial charge in [-0.05, 0) is 12.1 Å². The minimum Gasteiger partial charge on any atom is -0.307 e. The van der Waals surface area contributed by atoms with Crippen molar-refractivity contribution in [2.45, 2.75) is 0 Å². The monoisotopic (exact) mass is 231 g/mol. The number of amides is 1. The molecule has 0 bridgehead atoms. The lowest BCUT2D eigenvalue weighted by Crippen LogP contribution is -2.16. The molecule has 0 aromatic carbocycles. The van der Waals surface area contributed by atoms with E-state index >= 15 is 0 Å². The first-order chi connectivity index (χ1) is 8.29. The zero-order chi connectivity index (χ0) is 12.1. The molecule has 4 N–H and O–H groups in total. The van der Waals surface area contributed by atoms with Crippen LogP contribution in [0.15, 0.2) is 30.7 Å². The molecule has 2 heterocycles. The van der Waals surface area contributed by atoms with E-state index in [2.05, 4.69) is 30.9 Å². The molecule has 0 aliphatic rings. The Morgan fingerprint density at radius 3 is 2.65 bits per heavy atom. The third-order valence-electron chi connectivity index (χ3n) is 1.85. The lowest BCUT2D eigenvalue weighted by Gasteiger charge is -2.02. The predicted octanol–water partition coefficient (Wildman–Crippen LogP) is -0.196. The van der Waals surface area contributed by atoms with E-state index < -0.39 is 5.91 Å². The molecule has 0 unspecified atom stereocenters. The van der Waals surface area contributed by atoms with Gasteiger partial charge in [-0.2, -0.15) is 0 Å². The highest BCUT2D eigenvalue weighted by atomic mass is 16.2. The largest absolute Gasteiger partial charge is 0.307 e. The number of rotatable bonds is 3.